The van der Waals surface area contributed by atoms with Crippen LogP contribution in [-0.2, 0) is 9.47 Å². The molecule has 0 bridgehead atoms. The number of hydrogen-bond acceptors (Lipinski definition) is 7. The molecule has 1 amide bonds. The summed E-state index contributed by atoms with van der Waals surface area (Å²) in [6, 6.07) is 5.17. The van der Waals surface area contributed by atoms with Gasteiger partial charge in [-0.05, 0) is 45.7 Å². The summed E-state index contributed by atoms with van der Waals surface area (Å²) in [5, 5.41) is 3.49. The Hall–Kier alpha value is -2.42. The van der Waals surface area contributed by atoms with Crippen molar-refractivity contribution >= 4 is 35.0 Å². The third-order valence-corrected chi connectivity index (χ3v) is 4.54. The number of carbonyl (C=O) groups is 2. The van der Waals surface area contributed by atoms with Crippen LogP contribution in [0.1, 0.15) is 47.0 Å². The molecule has 8 nitrogen and oxygen atoms in total. The van der Waals surface area contributed by atoms with Crippen LogP contribution in [-0.4, -0.2) is 46.7 Å². The zero-order valence-electron chi connectivity index (χ0n) is 17.4. The second-order valence-corrected chi connectivity index (χ2v) is 8.49. The first-order valence-corrected chi connectivity index (χ1v) is 10.7. The number of thioether (sulfide) groups is 1. The van der Waals surface area contributed by atoms with Crippen LogP contribution < -0.4 is 10.1 Å². The van der Waals surface area contributed by atoms with E-state index >= 15 is 0 Å². The molecule has 0 atom stereocenters. The Kier molecular flexibility index (Phi) is 8.63. The van der Waals surface area contributed by atoms with Crippen LogP contribution in [0, 0.1) is 0 Å². The highest BCUT2D eigenvalue weighted by atomic mass is 32.2. The highest BCUT2D eigenvalue weighted by Gasteiger charge is 2.18. The third-order valence-electron chi connectivity index (χ3n) is 3.58. The van der Waals surface area contributed by atoms with Crippen molar-refractivity contribution in [1.82, 2.24) is 15.3 Å². The number of H-pyrrole nitrogens is 1. The molecular formula is C20H29N3O5S. The number of imidazole rings is 1. The number of carbonyl (C=O) groups excluding carboxylic acids is 2. The zero-order valence-corrected chi connectivity index (χ0v) is 18.2. The van der Waals surface area contributed by atoms with Crippen molar-refractivity contribution in [3.63, 3.8) is 0 Å². The first kappa shape index (κ1) is 22.9. The molecule has 0 aliphatic carbocycles. The van der Waals surface area contributed by atoms with Crippen molar-refractivity contribution in [2.24, 2.45) is 0 Å². The molecule has 1 aromatic heterocycles. The number of aromatic nitrogens is 2. The second-order valence-electron chi connectivity index (χ2n) is 7.41. The Morgan fingerprint density at radius 3 is 2.76 bits per heavy atom. The van der Waals surface area contributed by atoms with Crippen molar-refractivity contribution < 1.29 is 23.8 Å². The van der Waals surface area contributed by atoms with Crippen LogP contribution in [0.2, 0.25) is 0 Å². The van der Waals surface area contributed by atoms with Gasteiger partial charge in [0.1, 0.15) is 11.4 Å². The maximum Gasteiger partial charge on any atom is 0.514 e. The Bertz CT molecular complexity index is 816. The van der Waals surface area contributed by atoms with E-state index in [2.05, 4.69) is 15.3 Å². The zero-order chi connectivity index (χ0) is 21.3. The lowest BCUT2D eigenvalue weighted by Crippen LogP contribution is -2.25. The van der Waals surface area contributed by atoms with Crippen molar-refractivity contribution in [3.05, 3.63) is 18.2 Å². The fraction of sp³-hybridized carbons (Fsp3) is 0.550. The number of rotatable bonds is 9. The van der Waals surface area contributed by atoms with Crippen molar-refractivity contribution in [2.75, 3.05) is 18.9 Å². The molecule has 0 aliphatic heterocycles. The summed E-state index contributed by atoms with van der Waals surface area (Å²) in [5.41, 5.74) is 0.938. The van der Waals surface area contributed by atoms with E-state index in [4.69, 9.17) is 14.2 Å². The molecule has 0 radical (unpaired) electrons. The number of nitrogens with zero attached hydrogens (tertiary/aromatic N) is 1. The first-order valence-electron chi connectivity index (χ1n) is 9.71. The van der Waals surface area contributed by atoms with Crippen LogP contribution in [0.4, 0.5) is 9.59 Å². The van der Waals surface area contributed by atoms with Gasteiger partial charge in [-0.3, -0.25) is 0 Å². The molecule has 2 rings (SSSR count). The molecule has 0 fully saturated rings. The lowest BCUT2D eigenvalue weighted by molar-refractivity contribution is 0.0206. The number of hydrogen-bond donors (Lipinski definition) is 2. The number of unbranched alkanes of at least 4 members (excludes halogenated alkanes) is 1. The minimum atomic E-state index is -0.744. The monoisotopic (exact) mass is 423 g/mol. The summed E-state index contributed by atoms with van der Waals surface area (Å²) < 4.78 is 15.4. The lowest BCUT2D eigenvalue weighted by Gasteiger charge is -2.18. The van der Waals surface area contributed by atoms with Gasteiger partial charge in [0.2, 0.25) is 0 Å². The molecule has 9 heteroatoms. The van der Waals surface area contributed by atoms with Crippen molar-refractivity contribution in [2.45, 2.75) is 57.7 Å². The summed E-state index contributed by atoms with van der Waals surface area (Å²) in [6.45, 7) is 8.38. The summed E-state index contributed by atoms with van der Waals surface area (Å²) in [4.78, 5) is 30.9. The summed E-state index contributed by atoms with van der Waals surface area (Å²) >= 11 is 1.56. The van der Waals surface area contributed by atoms with Gasteiger partial charge < -0.3 is 24.5 Å². The van der Waals surface area contributed by atoms with Crippen LogP contribution in [0.5, 0.6) is 5.75 Å². The van der Waals surface area contributed by atoms with E-state index in [1.807, 2.05) is 6.92 Å². The van der Waals surface area contributed by atoms with Crippen molar-refractivity contribution in [1.29, 1.82) is 0 Å². The molecule has 2 aromatic rings. The van der Waals surface area contributed by atoms with E-state index in [1.165, 1.54) is 0 Å². The summed E-state index contributed by atoms with van der Waals surface area (Å²) in [6.07, 6.45) is 1.55. The van der Waals surface area contributed by atoms with Crippen LogP contribution in [0.15, 0.2) is 23.4 Å². The van der Waals surface area contributed by atoms with Gasteiger partial charge in [0, 0.05) is 18.4 Å². The van der Waals surface area contributed by atoms with Gasteiger partial charge in [-0.2, -0.15) is 0 Å². The van der Waals surface area contributed by atoms with Crippen LogP contribution in [0.3, 0.4) is 0 Å². The Morgan fingerprint density at radius 1 is 1.24 bits per heavy atom. The Labute approximate surface area is 175 Å². The maximum absolute atomic E-state index is 11.8. The average Bonchev–Trinajstić information content (AvgIpc) is 3.02. The number of aromatic amines is 1. The molecule has 0 aliphatic rings. The van der Waals surface area contributed by atoms with E-state index in [0.29, 0.717) is 18.9 Å². The number of ether oxygens (including phenoxy) is 3. The SMILES string of the molecule is CCCCOC(=O)NCCCSc1nc2ccc(OC(=O)OC(C)(C)C)cc2[nH]1. The number of amides is 1. The van der Waals surface area contributed by atoms with Gasteiger partial charge >= 0.3 is 12.2 Å². The Balaban J connectivity index is 1.77. The smallest absolute Gasteiger partial charge is 0.450 e. The fourth-order valence-corrected chi connectivity index (χ4v) is 3.08. The van der Waals surface area contributed by atoms with E-state index in [0.717, 1.165) is 41.2 Å². The summed E-state index contributed by atoms with van der Waals surface area (Å²) in [5.74, 6) is 1.17. The molecule has 0 saturated heterocycles. The quantitative estimate of drug-likeness (QED) is 0.256. The predicted molar refractivity (Wildman–Crippen MR) is 113 cm³/mol. The predicted octanol–water partition coefficient (Wildman–Crippen LogP) is 4.89. The largest absolute Gasteiger partial charge is 0.514 e. The number of alkyl carbamates (subject to hydrolysis) is 1. The highest BCUT2D eigenvalue weighted by molar-refractivity contribution is 7.99. The average molecular weight is 424 g/mol. The fourth-order valence-electron chi connectivity index (χ4n) is 2.26. The third kappa shape index (κ3) is 8.64. The van der Waals surface area contributed by atoms with Gasteiger partial charge in [0.15, 0.2) is 5.16 Å². The standard InChI is InChI=1S/C20H29N3O5S/c1-5-6-11-26-18(24)21-10-7-12-29-17-22-15-9-8-14(13-16(15)23-17)27-19(25)28-20(2,3)4/h8-9,13H,5-7,10-12H2,1-4H3,(H,21,24)(H,22,23). The maximum atomic E-state index is 11.8. The second kappa shape index (κ2) is 10.9. The van der Waals surface area contributed by atoms with E-state index < -0.39 is 11.8 Å². The molecular weight excluding hydrogens is 394 g/mol. The van der Waals surface area contributed by atoms with Gasteiger partial charge in [0.25, 0.3) is 0 Å². The normalized spacial score (nSPS) is 11.3. The van der Waals surface area contributed by atoms with E-state index in [9.17, 15) is 9.59 Å². The number of nitrogens with one attached hydrogen (secondary N) is 2. The summed E-state index contributed by atoms with van der Waals surface area (Å²) in [7, 11) is 0. The highest BCUT2D eigenvalue weighted by Crippen LogP contribution is 2.24. The first-order chi connectivity index (χ1) is 13.8. The molecule has 0 unspecified atom stereocenters. The lowest BCUT2D eigenvalue weighted by atomic mass is 10.2. The minimum absolute atomic E-state index is 0.371. The molecule has 1 aromatic carbocycles. The van der Waals surface area contributed by atoms with Crippen LogP contribution >= 0.6 is 11.8 Å². The number of benzene rings is 1. The minimum Gasteiger partial charge on any atom is -0.450 e. The van der Waals surface area contributed by atoms with Gasteiger partial charge in [0.05, 0.1) is 17.6 Å². The topological polar surface area (TPSA) is 103 Å². The number of fused-ring (bicyclic) bond motifs is 1. The molecule has 29 heavy (non-hydrogen) atoms. The van der Waals surface area contributed by atoms with Crippen LogP contribution in [0.25, 0.3) is 11.0 Å². The molecule has 0 saturated carbocycles. The van der Waals surface area contributed by atoms with E-state index in [-0.39, 0.29) is 6.09 Å². The van der Waals surface area contributed by atoms with Crippen molar-refractivity contribution in [3.8, 4) is 5.75 Å². The molecule has 2 N–H and O–H groups in total. The Morgan fingerprint density at radius 2 is 2.03 bits per heavy atom. The van der Waals surface area contributed by atoms with E-state index in [1.54, 1.807) is 50.7 Å². The van der Waals surface area contributed by atoms with Gasteiger partial charge in [-0.1, -0.05) is 25.1 Å². The van der Waals surface area contributed by atoms with Gasteiger partial charge in [-0.25, -0.2) is 14.6 Å². The molecule has 160 valence electrons. The van der Waals surface area contributed by atoms with Gasteiger partial charge in [-0.15, -0.1) is 0 Å². The molecule has 0 spiro atoms. The molecule has 1 heterocycles.